The van der Waals surface area contributed by atoms with Crippen LogP contribution in [0.5, 0.6) is 0 Å². The molecule has 1 amide bonds. The summed E-state index contributed by atoms with van der Waals surface area (Å²) in [7, 11) is 0. The number of anilines is 1. The van der Waals surface area contributed by atoms with Crippen LogP contribution in [0.2, 0.25) is 4.34 Å². The average Bonchev–Trinajstić information content (AvgIpc) is 2.68. The van der Waals surface area contributed by atoms with Gasteiger partial charge in [0.15, 0.2) is 0 Å². The van der Waals surface area contributed by atoms with E-state index in [-0.39, 0.29) is 5.91 Å². The first-order valence-electron chi connectivity index (χ1n) is 4.47. The van der Waals surface area contributed by atoms with Gasteiger partial charge in [-0.3, -0.25) is 4.79 Å². The van der Waals surface area contributed by atoms with E-state index < -0.39 is 0 Å². The van der Waals surface area contributed by atoms with Crippen molar-refractivity contribution in [3.63, 3.8) is 0 Å². The van der Waals surface area contributed by atoms with Crippen LogP contribution in [0.25, 0.3) is 0 Å². The second-order valence-corrected chi connectivity index (χ2v) is 5.70. The van der Waals surface area contributed by atoms with Gasteiger partial charge in [0.1, 0.15) is 0 Å². The Morgan fingerprint density at radius 1 is 1.19 bits per heavy atom. The van der Waals surface area contributed by atoms with E-state index in [1.54, 1.807) is 12.1 Å². The molecule has 0 aliphatic heterocycles. The first-order valence-corrected chi connectivity index (χ1v) is 6.46. The zero-order valence-electron chi connectivity index (χ0n) is 8.04. The maximum absolute atomic E-state index is 11.7. The summed E-state index contributed by atoms with van der Waals surface area (Å²) >= 11 is 10.4. The fourth-order valence-electron chi connectivity index (χ4n) is 1.16. The first kappa shape index (κ1) is 11.6. The molecule has 0 aliphatic rings. The molecule has 16 heavy (non-hydrogen) atoms. The summed E-state index contributed by atoms with van der Waals surface area (Å²) in [6, 6.07) is 10.8. The van der Waals surface area contributed by atoms with E-state index in [0.717, 1.165) is 10.2 Å². The molecule has 1 aromatic carbocycles. The van der Waals surface area contributed by atoms with E-state index in [1.807, 2.05) is 24.3 Å². The minimum atomic E-state index is -0.140. The maximum Gasteiger partial charge on any atom is 0.265 e. The van der Waals surface area contributed by atoms with Gasteiger partial charge in [0.25, 0.3) is 5.91 Å². The van der Waals surface area contributed by atoms with Crippen molar-refractivity contribution in [2.24, 2.45) is 0 Å². The van der Waals surface area contributed by atoms with Gasteiger partial charge in [-0.15, -0.1) is 11.3 Å². The van der Waals surface area contributed by atoms with Crippen molar-refractivity contribution in [3.05, 3.63) is 50.1 Å². The molecule has 5 heteroatoms. The maximum atomic E-state index is 11.7. The molecule has 0 saturated heterocycles. The van der Waals surface area contributed by atoms with E-state index in [9.17, 15) is 4.79 Å². The number of nitrogens with one attached hydrogen (secondary N) is 1. The lowest BCUT2D eigenvalue weighted by Gasteiger charge is -2.02. The largest absolute Gasteiger partial charge is 0.321 e. The van der Waals surface area contributed by atoms with Crippen LogP contribution in [0, 0.1) is 0 Å². The Bertz CT molecular complexity index is 509. The molecule has 0 bridgehead atoms. The average molecular weight is 317 g/mol. The summed E-state index contributed by atoms with van der Waals surface area (Å²) in [5, 5.41) is 2.79. The van der Waals surface area contributed by atoms with Crippen LogP contribution >= 0.6 is 38.9 Å². The number of thiophene rings is 1. The lowest BCUT2D eigenvalue weighted by molar-refractivity contribution is 0.103. The summed E-state index contributed by atoms with van der Waals surface area (Å²) in [5.41, 5.74) is 0.762. The van der Waals surface area contributed by atoms with E-state index in [0.29, 0.717) is 9.21 Å². The number of hydrogen-bond acceptors (Lipinski definition) is 2. The van der Waals surface area contributed by atoms with Gasteiger partial charge in [-0.2, -0.15) is 0 Å². The third-order valence-electron chi connectivity index (χ3n) is 1.90. The quantitative estimate of drug-likeness (QED) is 0.873. The summed E-state index contributed by atoms with van der Waals surface area (Å²) in [5.74, 6) is -0.140. The molecule has 82 valence electrons. The highest BCUT2D eigenvalue weighted by Gasteiger charge is 2.08. The van der Waals surface area contributed by atoms with Gasteiger partial charge in [0.2, 0.25) is 0 Å². The predicted octanol–water partition coefficient (Wildman–Crippen LogP) is 4.42. The van der Waals surface area contributed by atoms with Crippen LogP contribution in [-0.4, -0.2) is 5.91 Å². The summed E-state index contributed by atoms with van der Waals surface area (Å²) in [6.07, 6.45) is 0. The molecule has 1 N–H and O–H groups in total. The molecule has 2 rings (SSSR count). The number of halogens is 2. The van der Waals surface area contributed by atoms with Crippen LogP contribution in [-0.2, 0) is 0 Å². The normalized spacial score (nSPS) is 10.1. The van der Waals surface area contributed by atoms with Crippen LogP contribution < -0.4 is 5.32 Å². The zero-order valence-corrected chi connectivity index (χ0v) is 11.2. The van der Waals surface area contributed by atoms with Crippen molar-refractivity contribution in [1.29, 1.82) is 0 Å². The van der Waals surface area contributed by atoms with Crippen LogP contribution in [0.1, 0.15) is 9.67 Å². The summed E-state index contributed by atoms with van der Waals surface area (Å²) in [4.78, 5) is 12.3. The van der Waals surface area contributed by atoms with Crippen LogP contribution in [0.15, 0.2) is 40.9 Å². The number of carbonyl (C=O) groups excluding carboxylic acids is 1. The van der Waals surface area contributed by atoms with Gasteiger partial charge < -0.3 is 5.32 Å². The SMILES string of the molecule is O=C(Nc1ccc(Br)cc1)c1ccc(Cl)s1. The molecule has 0 atom stereocenters. The molecular formula is C11H7BrClNOS. The van der Waals surface area contributed by atoms with Crippen LogP contribution in [0.3, 0.4) is 0 Å². The smallest absolute Gasteiger partial charge is 0.265 e. The highest BCUT2D eigenvalue weighted by atomic mass is 79.9. The Labute approximate surface area is 110 Å². The van der Waals surface area contributed by atoms with Gasteiger partial charge in [-0.1, -0.05) is 27.5 Å². The van der Waals surface area contributed by atoms with E-state index >= 15 is 0 Å². The number of benzene rings is 1. The third-order valence-corrected chi connectivity index (χ3v) is 3.66. The van der Waals surface area contributed by atoms with E-state index in [1.165, 1.54) is 11.3 Å². The van der Waals surface area contributed by atoms with Crippen molar-refractivity contribution < 1.29 is 4.79 Å². The van der Waals surface area contributed by atoms with Crippen molar-refractivity contribution in [2.45, 2.75) is 0 Å². The second kappa shape index (κ2) is 4.99. The monoisotopic (exact) mass is 315 g/mol. The molecule has 2 aromatic rings. The molecule has 0 radical (unpaired) electrons. The van der Waals surface area contributed by atoms with Gasteiger partial charge in [-0.25, -0.2) is 0 Å². The number of hydrogen-bond donors (Lipinski definition) is 1. The molecule has 0 unspecified atom stereocenters. The highest BCUT2D eigenvalue weighted by molar-refractivity contribution is 9.10. The highest BCUT2D eigenvalue weighted by Crippen LogP contribution is 2.22. The fourth-order valence-corrected chi connectivity index (χ4v) is 2.36. The van der Waals surface area contributed by atoms with Gasteiger partial charge in [-0.05, 0) is 36.4 Å². The van der Waals surface area contributed by atoms with Crippen molar-refractivity contribution in [3.8, 4) is 0 Å². The van der Waals surface area contributed by atoms with Crippen molar-refractivity contribution in [1.82, 2.24) is 0 Å². The van der Waals surface area contributed by atoms with Crippen molar-refractivity contribution in [2.75, 3.05) is 5.32 Å². The number of carbonyl (C=O) groups is 1. The molecule has 0 fully saturated rings. The summed E-state index contributed by atoms with van der Waals surface area (Å²) in [6.45, 7) is 0. The van der Waals surface area contributed by atoms with Crippen LogP contribution in [0.4, 0.5) is 5.69 Å². The van der Waals surface area contributed by atoms with Gasteiger partial charge in [0.05, 0.1) is 9.21 Å². The van der Waals surface area contributed by atoms with Gasteiger partial charge in [0, 0.05) is 10.2 Å². The third kappa shape index (κ3) is 2.84. The Hall–Kier alpha value is -0.840. The minimum absolute atomic E-state index is 0.140. The lowest BCUT2D eigenvalue weighted by atomic mass is 10.3. The molecule has 0 aliphatic carbocycles. The topological polar surface area (TPSA) is 29.1 Å². The Kier molecular flexibility index (Phi) is 3.63. The fraction of sp³-hybridized carbons (Fsp3) is 0. The number of amides is 1. The molecular weight excluding hydrogens is 310 g/mol. The molecule has 0 saturated carbocycles. The minimum Gasteiger partial charge on any atom is -0.321 e. The molecule has 1 heterocycles. The van der Waals surface area contributed by atoms with Gasteiger partial charge >= 0.3 is 0 Å². The Morgan fingerprint density at radius 2 is 1.88 bits per heavy atom. The number of rotatable bonds is 2. The lowest BCUT2D eigenvalue weighted by Crippen LogP contribution is -2.09. The van der Waals surface area contributed by atoms with Crippen molar-refractivity contribution >= 4 is 50.5 Å². The molecule has 0 spiro atoms. The van der Waals surface area contributed by atoms with E-state index in [2.05, 4.69) is 21.2 Å². The first-order chi connectivity index (χ1) is 7.65. The Balaban J connectivity index is 2.10. The molecule has 2 nitrogen and oxygen atoms in total. The summed E-state index contributed by atoms with van der Waals surface area (Å²) < 4.78 is 1.59. The molecule has 1 aromatic heterocycles. The zero-order chi connectivity index (χ0) is 11.5. The standard InChI is InChI=1S/C11H7BrClNOS/c12-7-1-3-8(4-2-7)14-11(15)9-5-6-10(13)16-9/h1-6H,(H,14,15). The predicted molar refractivity (Wildman–Crippen MR) is 71.4 cm³/mol. The second-order valence-electron chi connectivity index (χ2n) is 3.06. The van der Waals surface area contributed by atoms with E-state index in [4.69, 9.17) is 11.6 Å². The Morgan fingerprint density at radius 3 is 2.44 bits per heavy atom.